The Morgan fingerprint density at radius 1 is 1.28 bits per heavy atom. The van der Waals surface area contributed by atoms with Crippen LogP contribution in [0.2, 0.25) is 0 Å². The zero-order chi connectivity index (χ0) is 13.0. The summed E-state index contributed by atoms with van der Waals surface area (Å²) in [6.07, 6.45) is 1.15. The van der Waals surface area contributed by atoms with Gasteiger partial charge in [-0.1, -0.05) is 26.0 Å². The fourth-order valence-corrected chi connectivity index (χ4v) is 2.29. The number of ether oxygens (including phenoxy) is 1. The molecule has 1 heterocycles. The highest BCUT2D eigenvalue weighted by Gasteiger charge is 2.19. The van der Waals surface area contributed by atoms with E-state index in [-0.39, 0.29) is 0 Å². The van der Waals surface area contributed by atoms with E-state index >= 15 is 0 Å². The highest BCUT2D eigenvalue weighted by atomic mass is 16.5. The summed E-state index contributed by atoms with van der Waals surface area (Å²) in [6.45, 7) is 9.11. The van der Waals surface area contributed by atoms with Crippen LogP contribution in [0.5, 0.6) is 0 Å². The average molecular weight is 248 g/mol. The summed E-state index contributed by atoms with van der Waals surface area (Å²) < 4.78 is 5.66. The summed E-state index contributed by atoms with van der Waals surface area (Å²) in [5.74, 6) is 0.723. The minimum absolute atomic E-state index is 0.723. The second kappa shape index (κ2) is 6.21. The molecule has 1 aromatic rings. The summed E-state index contributed by atoms with van der Waals surface area (Å²) in [5.41, 5.74) is 9.59. The van der Waals surface area contributed by atoms with Gasteiger partial charge in [0.15, 0.2) is 0 Å². The van der Waals surface area contributed by atoms with E-state index in [0.29, 0.717) is 0 Å². The van der Waals surface area contributed by atoms with Gasteiger partial charge >= 0.3 is 0 Å². The first-order valence-electron chi connectivity index (χ1n) is 6.83. The van der Waals surface area contributed by atoms with Gasteiger partial charge in [-0.15, -0.1) is 0 Å². The monoisotopic (exact) mass is 248 g/mol. The average Bonchev–Trinajstić information content (AvgIpc) is 2.72. The topological polar surface area (TPSA) is 38.5 Å². The third kappa shape index (κ3) is 3.47. The molecule has 0 bridgehead atoms. The number of hydrogen-bond acceptors (Lipinski definition) is 3. The molecule has 0 spiro atoms. The molecule has 0 aromatic heterocycles. The van der Waals surface area contributed by atoms with E-state index in [9.17, 15) is 0 Å². The molecule has 18 heavy (non-hydrogen) atoms. The van der Waals surface area contributed by atoms with E-state index in [1.807, 2.05) is 12.1 Å². The van der Waals surface area contributed by atoms with Crippen molar-refractivity contribution in [3.63, 3.8) is 0 Å². The van der Waals surface area contributed by atoms with Gasteiger partial charge in [-0.2, -0.15) is 0 Å². The maximum atomic E-state index is 5.99. The van der Waals surface area contributed by atoms with Crippen LogP contribution in [0.4, 0.5) is 5.69 Å². The highest BCUT2D eigenvalue weighted by Crippen LogP contribution is 2.26. The third-order valence-electron chi connectivity index (χ3n) is 3.48. The molecule has 2 rings (SSSR count). The number of anilines is 1. The molecule has 0 fully saturated rings. The molecule has 0 saturated heterocycles. The number of rotatable bonds is 6. The van der Waals surface area contributed by atoms with Gasteiger partial charge in [0.05, 0.1) is 6.61 Å². The Morgan fingerprint density at radius 2 is 2.11 bits per heavy atom. The Bertz CT molecular complexity index is 390. The summed E-state index contributed by atoms with van der Waals surface area (Å²) >= 11 is 0. The molecule has 0 amide bonds. The summed E-state index contributed by atoms with van der Waals surface area (Å²) in [7, 11) is 0. The SMILES string of the molecule is CC(C)CCOCCN1Cc2cccc(N)c2C1. The molecular formula is C15H24N2O. The smallest absolute Gasteiger partial charge is 0.0593 e. The quantitative estimate of drug-likeness (QED) is 0.621. The van der Waals surface area contributed by atoms with Gasteiger partial charge in [-0.05, 0) is 29.5 Å². The van der Waals surface area contributed by atoms with Crippen LogP contribution < -0.4 is 5.73 Å². The summed E-state index contributed by atoms with van der Waals surface area (Å²) in [4.78, 5) is 2.40. The van der Waals surface area contributed by atoms with Gasteiger partial charge in [0.1, 0.15) is 0 Å². The van der Waals surface area contributed by atoms with Crippen molar-refractivity contribution in [2.45, 2.75) is 33.4 Å². The molecule has 3 heteroatoms. The molecule has 0 unspecified atom stereocenters. The molecule has 1 aliphatic rings. The van der Waals surface area contributed by atoms with Crippen molar-refractivity contribution < 1.29 is 4.74 Å². The van der Waals surface area contributed by atoms with Gasteiger partial charge < -0.3 is 10.5 Å². The molecule has 100 valence electrons. The van der Waals surface area contributed by atoms with Crippen LogP contribution in [-0.4, -0.2) is 24.7 Å². The lowest BCUT2D eigenvalue weighted by atomic mass is 10.1. The van der Waals surface area contributed by atoms with Crippen molar-refractivity contribution in [3.05, 3.63) is 29.3 Å². The summed E-state index contributed by atoms with van der Waals surface area (Å²) in [6, 6.07) is 6.20. The van der Waals surface area contributed by atoms with Gasteiger partial charge in [-0.25, -0.2) is 0 Å². The number of fused-ring (bicyclic) bond motifs is 1. The van der Waals surface area contributed by atoms with Crippen molar-refractivity contribution in [2.24, 2.45) is 5.92 Å². The molecule has 0 aliphatic carbocycles. The zero-order valence-electron chi connectivity index (χ0n) is 11.5. The first-order chi connectivity index (χ1) is 8.66. The van der Waals surface area contributed by atoms with Crippen LogP contribution in [0.3, 0.4) is 0 Å². The number of nitrogen functional groups attached to an aromatic ring is 1. The second-order valence-corrected chi connectivity index (χ2v) is 5.49. The predicted octanol–water partition coefficient (Wildman–Crippen LogP) is 2.65. The Labute approximate surface area is 110 Å². The van der Waals surface area contributed by atoms with Crippen molar-refractivity contribution >= 4 is 5.69 Å². The normalized spacial score (nSPS) is 15.3. The van der Waals surface area contributed by atoms with E-state index in [2.05, 4.69) is 24.8 Å². The maximum absolute atomic E-state index is 5.99. The molecule has 3 nitrogen and oxygen atoms in total. The van der Waals surface area contributed by atoms with Crippen LogP contribution in [0.25, 0.3) is 0 Å². The van der Waals surface area contributed by atoms with E-state index in [1.165, 1.54) is 11.1 Å². The fraction of sp³-hybridized carbons (Fsp3) is 0.600. The zero-order valence-corrected chi connectivity index (χ0v) is 11.5. The van der Waals surface area contributed by atoms with Crippen LogP contribution in [0.1, 0.15) is 31.4 Å². The number of hydrogen-bond donors (Lipinski definition) is 1. The minimum atomic E-state index is 0.723. The molecule has 0 saturated carbocycles. The van der Waals surface area contributed by atoms with Crippen LogP contribution in [0.15, 0.2) is 18.2 Å². The maximum Gasteiger partial charge on any atom is 0.0593 e. The minimum Gasteiger partial charge on any atom is -0.398 e. The van der Waals surface area contributed by atoms with Gasteiger partial charge in [0.2, 0.25) is 0 Å². The first-order valence-corrected chi connectivity index (χ1v) is 6.83. The molecular weight excluding hydrogens is 224 g/mol. The Balaban J connectivity index is 1.70. The van der Waals surface area contributed by atoms with Crippen LogP contribution in [0, 0.1) is 5.92 Å². The lowest BCUT2D eigenvalue weighted by Crippen LogP contribution is -2.22. The second-order valence-electron chi connectivity index (χ2n) is 5.49. The molecule has 1 aromatic carbocycles. The molecule has 2 N–H and O–H groups in total. The van der Waals surface area contributed by atoms with Gasteiger partial charge in [-0.3, -0.25) is 4.90 Å². The highest BCUT2D eigenvalue weighted by molar-refractivity contribution is 5.52. The third-order valence-corrected chi connectivity index (χ3v) is 3.48. The Kier molecular flexibility index (Phi) is 4.61. The summed E-state index contributed by atoms with van der Waals surface area (Å²) in [5, 5.41) is 0. The van der Waals surface area contributed by atoms with Crippen molar-refractivity contribution in [1.29, 1.82) is 0 Å². The lowest BCUT2D eigenvalue weighted by Gasteiger charge is -2.15. The van der Waals surface area contributed by atoms with E-state index in [1.54, 1.807) is 0 Å². The number of nitrogens with zero attached hydrogens (tertiary/aromatic N) is 1. The molecule has 1 aliphatic heterocycles. The first kappa shape index (κ1) is 13.4. The van der Waals surface area contributed by atoms with E-state index < -0.39 is 0 Å². The Morgan fingerprint density at radius 3 is 2.83 bits per heavy atom. The fourth-order valence-electron chi connectivity index (χ4n) is 2.29. The van der Waals surface area contributed by atoms with Gasteiger partial charge in [0.25, 0.3) is 0 Å². The van der Waals surface area contributed by atoms with Crippen LogP contribution in [-0.2, 0) is 17.8 Å². The number of nitrogens with two attached hydrogens (primary N) is 1. The Hall–Kier alpha value is -1.06. The van der Waals surface area contributed by atoms with Crippen molar-refractivity contribution in [3.8, 4) is 0 Å². The van der Waals surface area contributed by atoms with Crippen molar-refractivity contribution in [1.82, 2.24) is 4.90 Å². The molecule has 0 atom stereocenters. The van der Waals surface area contributed by atoms with E-state index in [4.69, 9.17) is 10.5 Å². The predicted molar refractivity (Wildman–Crippen MR) is 75.2 cm³/mol. The van der Waals surface area contributed by atoms with Gasteiger partial charge in [0, 0.05) is 31.9 Å². The number of benzene rings is 1. The largest absolute Gasteiger partial charge is 0.398 e. The van der Waals surface area contributed by atoms with E-state index in [0.717, 1.165) is 50.9 Å². The standard InChI is InChI=1S/C15H24N2O/c1-12(2)6-8-18-9-7-17-10-13-4-3-5-15(16)14(13)11-17/h3-5,12H,6-11,16H2,1-2H3. The van der Waals surface area contributed by atoms with Crippen molar-refractivity contribution in [2.75, 3.05) is 25.5 Å². The molecule has 0 radical (unpaired) electrons. The van der Waals surface area contributed by atoms with Crippen LogP contribution >= 0.6 is 0 Å². The lowest BCUT2D eigenvalue weighted by molar-refractivity contribution is 0.0955.